The maximum Gasteiger partial charge on any atom is 0.240 e. The molecule has 4 N–H and O–H groups in total. The topological polar surface area (TPSA) is 92.4 Å². The Morgan fingerprint density at radius 1 is 1.37 bits per heavy atom. The van der Waals surface area contributed by atoms with Crippen LogP contribution in [-0.4, -0.2) is 25.7 Å². The normalized spacial score (nSPS) is 15.2. The van der Waals surface area contributed by atoms with E-state index in [4.69, 9.17) is 5.73 Å². The number of benzene rings is 1. The van der Waals surface area contributed by atoms with Crippen LogP contribution < -0.4 is 10.5 Å². The minimum Gasteiger partial charge on any atom is -0.398 e. The molecule has 0 fully saturated rings. The minimum atomic E-state index is -3.64. The average molecular weight is 286 g/mol. The first-order valence-electron chi connectivity index (χ1n) is 6.32. The molecule has 108 valence electrons. The van der Waals surface area contributed by atoms with Crippen molar-refractivity contribution in [2.75, 3.05) is 12.3 Å². The number of hydrogen-bond donors (Lipinski definition) is 3. The largest absolute Gasteiger partial charge is 0.398 e. The molecule has 0 aliphatic rings. The van der Waals surface area contributed by atoms with Crippen molar-refractivity contribution in [1.82, 2.24) is 4.72 Å². The lowest BCUT2D eigenvalue weighted by Gasteiger charge is -2.21. The number of aliphatic hydroxyl groups is 1. The fraction of sp³-hybridized carbons (Fsp3) is 0.538. The summed E-state index contributed by atoms with van der Waals surface area (Å²) in [6.07, 6.45) is 1.22. The lowest BCUT2D eigenvalue weighted by atomic mass is 10.1. The predicted molar refractivity (Wildman–Crippen MR) is 76.3 cm³/mol. The molecule has 0 aliphatic carbocycles. The van der Waals surface area contributed by atoms with Gasteiger partial charge in [-0.1, -0.05) is 19.9 Å². The molecule has 1 aromatic rings. The SMILES string of the molecule is CCc1ccc(S(=O)(=O)NCC(C)(O)CC)cc1N. The molecule has 0 radical (unpaired) electrons. The van der Waals surface area contributed by atoms with Crippen molar-refractivity contribution >= 4 is 15.7 Å². The molecule has 0 amide bonds. The summed E-state index contributed by atoms with van der Waals surface area (Å²) in [6, 6.07) is 4.68. The first kappa shape index (κ1) is 15.9. The van der Waals surface area contributed by atoms with Gasteiger partial charge in [0.1, 0.15) is 0 Å². The summed E-state index contributed by atoms with van der Waals surface area (Å²) in [7, 11) is -3.64. The lowest BCUT2D eigenvalue weighted by Crippen LogP contribution is -2.40. The van der Waals surface area contributed by atoms with E-state index < -0.39 is 15.6 Å². The second-order valence-corrected chi connectivity index (χ2v) is 6.66. The van der Waals surface area contributed by atoms with Crippen LogP contribution in [0.15, 0.2) is 23.1 Å². The van der Waals surface area contributed by atoms with E-state index in [-0.39, 0.29) is 11.4 Å². The number of nitrogens with two attached hydrogens (primary N) is 1. The zero-order valence-corrected chi connectivity index (χ0v) is 12.4. The quantitative estimate of drug-likeness (QED) is 0.687. The molecule has 1 rings (SSSR count). The summed E-state index contributed by atoms with van der Waals surface area (Å²) in [6.45, 7) is 5.31. The van der Waals surface area contributed by atoms with Crippen LogP contribution in [0.25, 0.3) is 0 Å². The highest BCUT2D eigenvalue weighted by Crippen LogP contribution is 2.19. The van der Waals surface area contributed by atoms with E-state index in [0.29, 0.717) is 12.1 Å². The number of aryl methyl sites for hydroxylation is 1. The van der Waals surface area contributed by atoms with Crippen LogP contribution >= 0.6 is 0 Å². The Bertz CT molecular complexity index is 539. The van der Waals surface area contributed by atoms with Gasteiger partial charge in [0, 0.05) is 12.2 Å². The van der Waals surface area contributed by atoms with Crippen molar-refractivity contribution in [3.8, 4) is 0 Å². The summed E-state index contributed by atoms with van der Waals surface area (Å²) < 4.78 is 26.5. The standard InChI is InChI=1S/C13H22N2O3S/c1-4-10-6-7-11(8-12(10)14)19(17,18)15-9-13(3,16)5-2/h6-8,15-16H,4-5,9,14H2,1-3H3. The van der Waals surface area contributed by atoms with E-state index in [1.54, 1.807) is 19.9 Å². The van der Waals surface area contributed by atoms with E-state index in [2.05, 4.69) is 4.72 Å². The first-order chi connectivity index (χ1) is 8.72. The van der Waals surface area contributed by atoms with Crippen molar-refractivity contribution in [3.05, 3.63) is 23.8 Å². The smallest absolute Gasteiger partial charge is 0.240 e. The molecule has 0 saturated heterocycles. The fourth-order valence-corrected chi connectivity index (χ4v) is 2.72. The van der Waals surface area contributed by atoms with Crippen LogP contribution in [0.3, 0.4) is 0 Å². The van der Waals surface area contributed by atoms with Gasteiger partial charge in [0.15, 0.2) is 0 Å². The van der Waals surface area contributed by atoms with E-state index in [9.17, 15) is 13.5 Å². The lowest BCUT2D eigenvalue weighted by molar-refractivity contribution is 0.0613. The third-order valence-corrected chi connectivity index (χ3v) is 4.61. The number of rotatable bonds is 6. The Balaban J connectivity index is 2.92. The van der Waals surface area contributed by atoms with Crippen LogP contribution in [-0.2, 0) is 16.4 Å². The van der Waals surface area contributed by atoms with Gasteiger partial charge in [0.05, 0.1) is 10.5 Å². The molecule has 0 aliphatic heterocycles. The number of hydrogen-bond acceptors (Lipinski definition) is 4. The molecule has 1 unspecified atom stereocenters. The molecule has 19 heavy (non-hydrogen) atoms. The van der Waals surface area contributed by atoms with Crippen LogP contribution in [0, 0.1) is 0 Å². The monoisotopic (exact) mass is 286 g/mol. The van der Waals surface area contributed by atoms with Gasteiger partial charge in [-0.3, -0.25) is 0 Å². The van der Waals surface area contributed by atoms with Crippen molar-refractivity contribution in [2.45, 2.75) is 44.1 Å². The van der Waals surface area contributed by atoms with Gasteiger partial charge in [0.2, 0.25) is 10.0 Å². The summed E-state index contributed by atoms with van der Waals surface area (Å²) in [5.41, 5.74) is 6.12. The molecule has 1 atom stereocenters. The van der Waals surface area contributed by atoms with Gasteiger partial charge in [0.25, 0.3) is 0 Å². The molecule has 0 bridgehead atoms. The predicted octanol–water partition coefficient (Wildman–Crippen LogP) is 1.27. The molecule has 0 spiro atoms. The molecule has 5 nitrogen and oxygen atoms in total. The van der Waals surface area contributed by atoms with Crippen LogP contribution in [0.1, 0.15) is 32.8 Å². The summed E-state index contributed by atoms with van der Waals surface area (Å²) in [5.74, 6) is 0. The molecule has 0 heterocycles. The first-order valence-corrected chi connectivity index (χ1v) is 7.80. The van der Waals surface area contributed by atoms with Crippen LogP contribution in [0.4, 0.5) is 5.69 Å². The number of nitrogen functional groups attached to an aromatic ring is 1. The van der Waals surface area contributed by atoms with E-state index in [1.807, 2.05) is 6.92 Å². The van der Waals surface area contributed by atoms with Crippen molar-refractivity contribution < 1.29 is 13.5 Å². The Hall–Kier alpha value is -1.11. The highest BCUT2D eigenvalue weighted by molar-refractivity contribution is 7.89. The number of nitrogens with one attached hydrogen (secondary N) is 1. The molecular formula is C13H22N2O3S. The highest BCUT2D eigenvalue weighted by Gasteiger charge is 2.22. The fourth-order valence-electron chi connectivity index (χ4n) is 1.52. The molecule has 0 aromatic heterocycles. The summed E-state index contributed by atoms with van der Waals surface area (Å²) >= 11 is 0. The van der Waals surface area contributed by atoms with Crippen LogP contribution in [0.5, 0.6) is 0 Å². The molecule has 0 saturated carbocycles. The average Bonchev–Trinajstić information content (AvgIpc) is 2.36. The van der Waals surface area contributed by atoms with Crippen molar-refractivity contribution in [2.24, 2.45) is 0 Å². The zero-order chi connectivity index (χ0) is 14.7. The Labute approximate surface area is 114 Å². The molecular weight excluding hydrogens is 264 g/mol. The molecule has 1 aromatic carbocycles. The van der Waals surface area contributed by atoms with E-state index >= 15 is 0 Å². The number of anilines is 1. The highest BCUT2D eigenvalue weighted by atomic mass is 32.2. The Morgan fingerprint density at radius 2 is 2.00 bits per heavy atom. The van der Waals surface area contributed by atoms with Crippen molar-refractivity contribution in [1.29, 1.82) is 0 Å². The Morgan fingerprint density at radius 3 is 2.47 bits per heavy atom. The maximum atomic E-state index is 12.1. The second kappa shape index (κ2) is 5.90. The van der Waals surface area contributed by atoms with Gasteiger partial charge in [-0.2, -0.15) is 0 Å². The van der Waals surface area contributed by atoms with E-state index in [1.165, 1.54) is 12.1 Å². The zero-order valence-electron chi connectivity index (χ0n) is 11.6. The summed E-state index contributed by atoms with van der Waals surface area (Å²) in [5, 5.41) is 9.82. The van der Waals surface area contributed by atoms with Gasteiger partial charge in [-0.05, 0) is 37.5 Å². The van der Waals surface area contributed by atoms with Crippen molar-refractivity contribution in [3.63, 3.8) is 0 Å². The van der Waals surface area contributed by atoms with Crippen LogP contribution in [0.2, 0.25) is 0 Å². The van der Waals surface area contributed by atoms with Gasteiger partial charge >= 0.3 is 0 Å². The Kier molecular flexibility index (Phi) is 4.95. The van der Waals surface area contributed by atoms with Gasteiger partial charge in [-0.15, -0.1) is 0 Å². The third-order valence-electron chi connectivity index (χ3n) is 3.21. The third kappa shape index (κ3) is 4.19. The molecule has 6 heteroatoms. The maximum absolute atomic E-state index is 12.1. The van der Waals surface area contributed by atoms with Gasteiger partial charge in [-0.25, -0.2) is 13.1 Å². The second-order valence-electron chi connectivity index (χ2n) is 4.89. The summed E-state index contributed by atoms with van der Waals surface area (Å²) in [4.78, 5) is 0.120. The van der Waals surface area contributed by atoms with Gasteiger partial charge < -0.3 is 10.8 Å². The minimum absolute atomic E-state index is 0.0265. The van der Waals surface area contributed by atoms with E-state index in [0.717, 1.165) is 12.0 Å². The number of sulfonamides is 1.